The third-order valence-corrected chi connectivity index (χ3v) is 13.8. The van der Waals surface area contributed by atoms with Crippen LogP contribution in [0.25, 0.3) is 44.6 Å². The second-order valence-corrected chi connectivity index (χ2v) is 19.0. The second kappa shape index (κ2) is 24.3. The van der Waals surface area contributed by atoms with Gasteiger partial charge in [-0.2, -0.15) is 0 Å². The van der Waals surface area contributed by atoms with Crippen LogP contribution in [-0.2, 0) is 38.7 Å². The summed E-state index contributed by atoms with van der Waals surface area (Å²) in [5, 5.41) is 12.7. The third-order valence-electron chi connectivity index (χ3n) is 12.5. The number of hydrogen-bond donors (Lipinski definition) is 5. The lowest BCUT2D eigenvalue weighted by molar-refractivity contribution is -0.140. The molecular weight excluding hydrogens is 1020 g/mol. The van der Waals surface area contributed by atoms with E-state index in [1.165, 1.54) is 12.0 Å². The van der Waals surface area contributed by atoms with E-state index in [-0.39, 0.29) is 55.3 Å². The van der Waals surface area contributed by atoms with Gasteiger partial charge in [0.15, 0.2) is 35.4 Å². The largest absolute Gasteiger partial charge is 0.495 e. The Morgan fingerprint density at radius 3 is 2.26 bits per heavy atom. The number of anilines is 1. The number of hydrogen-bond acceptors (Lipinski definition) is 19. The average Bonchev–Trinajstić information content (AvgIpc) is 4.21. The molecule has 26 heteroatoms. The van der Waals surface area contributed by atoms with Crippen LogP contribution >= 0.6 is 11.8 Å². The Labute approximate surface area is 444 Å². The molecule has 25 nitrogen and oxygen atoms in total. The van der Waals surface area contributed by atoms with Gasteiger partial charge in [0.2, 0.25) is 35.5 Å². The van der Waals surface area contributed by atoms with Gasteiger partial charge in [0.1, 0.15) is 28.7 Å². The number of nitrogens with two attached hydrogens (primary N) is 3. The number of oxazole rings is 2. The average molecular weight is 1080 g/mol. The summed E-state index contributed by atoms with van der Waals surface area (Å²) in [6, 6.07) is 5.24. The summed E-state index contributed by atoms with van der Waals surface area (Å²) in [4.78, 5) is 110. The fourth-order valence-electron chi connectivity index (χ4n) is 8.65. The van der Waals surface area contributed by atoms with Gasteiger partial charge in [-0.3, -0.25) is 38.5 Å². The normalized spacial score (nSPS) is 13.9. The summed E-state index contributed by atoms with van der Waals surface area (Å²) in [5.74, 6) is -0.346. The van der Waals surface area contributed by atoms with E-state index in [2.05, 4.69) is 20.3 Å². The number of nitrogens with one attached hydrogen (secondary N) is 1. The number of allylic oxidation sites excluding steroid dienone is 2. The highest BCUT2D eigenvalue weighted by Gasteiger charge is 2.39. The molecule has 1 aliphatic heterocycles. The third kappa shape index (κ3) is 12.4. The molecule has 77 heavy (non-hydrogen) atoms. The van der Waals surface area contributed by atoms with E-state index in [0.717, 1.165) is 28.8 Å². The topological polar surface area (TPSA) is 355 Å². The Morgan fingerprint density at radius 1 is 0.948 bits per heavy atom. The lowest BCUT2D eigenvalue weighted by Gasteiger charge is -2.20. The number of nitrogens with zero attached hydrogens (tertiary/aromatic N) is 9. The van der Waals surface area contributed by atoms with Gasteiger partial charge in [0.25, 0.3) is 0 Å². The number of fused-ring (bicyclic) bond motifs is 4. The Balaban J connectivity index is 0.000000773. The van der Waals surface area contributed by atoms with Crippen LogP contribution in [0, 0.1) is 20.8 Å². The number of carboxylic acid groups (broad SMARTS) is 1. The van der Waals surface area contributed by atoms with Crippen molar-refractivity contribution in [3.63, 3.8) is 0 Å². The maximum atomic E-state index is 13.0. The highest BCUT2D eigenvalue weighted by atomic mass is 32.2. The number of imide groups is 1. The zero-order chi connectivity index (χ0) is 55.8. The molecule has 6 heterocycles. The molecule has 8 N–H and O–H groups in total. The summed E-state index contributed by atoms with van der Waals surface area (Å²) >= 11 is 1.01. The summed E-state index contributed by atoms with van der Waals surface area (Å²) in [7, 11) is 4.83. The fraction of sp³-hybridized carbons (Fsp3) is 0.373. The minimum Gasteiger partial charge on any atom is -0.495 e. The van der Waals surface area contributed by atoms with Crippen LogP contribution in [0.15, 0.2) is 51.4 Å². The Morgan fingerprint density at radius 2 is 1.64 bits per heavy atom. The van der Waals surface area contributed by atoms with Crippen LogP contribution in [0.2, 0.25) is 0 Å². The predicted octanol–water partition coefficient (Wildman–Crippen LogP) is 3.96. The number of primary amides is 2. The summed E-state index contributed by atoms with van der Waals surface area (Å²) in [6.45, 7) is 8.11. The van der Waals surface area contributed by atoms with E-state index >= 15 is 0 Å². The zero-order valence-electron chi connectivity index (χ0n) is 43.4. The molecule has 5 aromatic heterocycles. The number of methoxy groups -OCH3 is 1. The first-order valence-corrected chi connectivity index (χ1v) is 25.3. The van der Waals surface area contributed by atoms with Gasteiger partial charge >= 0.3 is 5.97 Å². The second-order valence-electron chi connectivity index (χ2n) is 17.7. The van der Waals surface area contributed by atoms with Crippen molar-refractivity contribution >= 4 is 92.5 Å². The van der Waals surface area contributed by atoms with Gasteiger partial charge in [0, 0.05) is 101 Å². The number of rotatable bonds is 23. The first kappa shape index (κ1) is 56.1. The molecule has 1 aliphatic rings. The molecule has 1 saturated heterocycles. The number of carbonyl (C=O) groups is 7. The fourth-order valence-corrected chi connectivity index (χ4v) is 9.76. The number of carboxylic acids is 1. The monoisotopic (exact) mass is 1080 g/mol. The number of ether oxygens (including phenoxy) is 2. The van der Waals surface area contributed by atoms with Crippen LogP contribution < -0.4 is 32.0 Å². The number of imidazole rings is 1. The molecule has 0 spiro atoms. The molecule has 2 atom stereocenters. The van der Waals surface area contributed by atoms with Crippen LogP contribution in [0.4, 0.5) is 5.95 Å². The highest BCUT2D eigenvalue weighted by Crippen LogP contribution is 2.37. The predicted molar refractivity (Wildman–Crippen MR) is 284 cm³/mol. The van der Waals surface area contributed by atoms with Gasteiger partial charge < -0.3 is 60.0 Å². The molecule has 0 bridgehead atoms. The van der Waals surface area contributed by atoms with E-state index in [1.54, 1.807) is 58.4 Å². The van der Waals surface area contributed by atoms with Gasteiger partial charge in [0.05, 0.1) is 41.4 Å². The van der Waals surface area contributed by atoms with E-state index in [0.29, 0.717) is 111 Å². The summed E-state index contributed by atoms with van der Waals surface area (Å²) in [6.07, 6.45) is 7.16. The Hall–Kier alpha value is -8.65. The van der Waals surface area contributed by atoms with E-state index in [1.807, 2.05) is 35.1 Å². The molecule has 2 aromatic carbocycles. The number of carbonyl (C=O) groups excluding carboxylic acids is 6. The van der Waals surface area contributed by atoms with Crippen molar-refractivity contribution in [1.82, 2.24) is 43.9 Å². The molecule has 7 aromatic rings. The summed E-state index contributed by atoms with van der Waals surface area (Å²) in [5.41, 5.74) is 21.0. The van der Waals surface area contributed by atoms with Crippen LogP contribution in [0.1, 0.15) is 80.6 Å². The lowest BCUT2D eigenvalue weighted by atomic mass is 10.1. The highest BCUT2D eigenvalue weighted by molar-refractivity contribution is 8.00. The van der Waals surface area contributed by atoms with Crippen molar-refractivity contribution in [2.45, 2.75) is 77.8 Å². The number of aldehydes is 1. The SMILES string of the molecule is CCc1nc(C)oc1C=O.CNc1nc2cc(C(N)=O)cc(OCCCN(C)C(=O)CCN3C(=O)CC(SCC(N)C(=O)O)C3=O)c2n1C/C=C/Cn1c2nc(-c3oc(C)nc3C)ncc2c2cc(C(N)=O)cc(OC)c21. The Bertz CT molecular complexity index is 3450. The molecule has 2 unspecified atom stereocenters. The minimum absolute atomic E-state index is 0.0288. The molecule has 406 valence electrons. The van der Waals surface area contributed by atoms with E-state index in [9.17, 15) is 33.6 Å². The van der Waals surface area contributed by atoms with Crippen LogP contribution in [0.3, 0.4) is 0 Å². The maximum absolute atomic E-state index is 13.0. The van der Waals surface area contributed by atoms with Crippen LogP contribution in [0.5, 0.6) is 11.5 Å². The number of amides is 5. The number of aliphatic carboxylic acids is 1. The number of aryl methyl sites for hydroxylation is 4. The molecule has 1 fully saturated rings. The van der Waals surface area contributed by atoms with Gasteiger partial charge in [-0.25, -0.2) is 24.9 Å². The molecule has 8 rings (SSSR count). The number of benzene rings is 2. The van der Waals surface area contributed by atoms with E-state index < -0.39 is 40.9 Å². The first-order valence-electron chi connectivity index (χ1n) is 24.3. The van der Waals surface area contributed by atoms with Gasteiger partial charge in [-0.05, 0) is 44.0 Å². The van der Waals surface area contributed by atoms with E-state index in [4.69, 9.17) is 50.6 Å². The van der Waals surface area contributed by atoms with Crippen molar-refractivity contribution in [3.8, 4) is 23.1 Å². The maximum Gasteiger partial charge on any atom is 0.321 e. The smallest absolute Gasteiger partial charge is 0.321 e. The molecular formula is C51H59N13O12S. The molecule has 0 radical (unpaired) electrons. The van der Waals surface area contributed by atoms with Crippen molar-refractivity contribution < 1.29 is 57.0 Å². The standard InChI is InChI=1S/C44H50N12O10S.C7H9NO2/c1-22-37(66-23(2)50-22)40-49-20-27-26-15-24(38(46)59)17-30(64-5)35(26)55(41(27)52-40)11-6-7-12-56-36-29(51-44(56)48-3)16-25(39(47)60)18-31(36)65-14-8-10-53(4)33(57)9-13-54-34(58)19-32(42(54)61)67-21-28(45)43(62)63;1-3-6-7(4-9)10-5(2)8-6/h6-7,15-18,20,28,32H,8-14,19,21,45H2,1-5H3,(H2,46,59)(H2,47,60)(H,48,51)(H,62,63);4H,3H2,1-2H3/b7-6+;. The lowest BCUT2D eigenvalue weighted by Crippen LogP contribution is -2.37. The van der Waals surface area contributed by atoms with Crippen molar-refractivity contribution in [2.24, 2.45) is 17.2 Å². The van der Waals surface area contributed by atoms with Gasteiger partial charge in [-0.1, -0.05) is 19.1 Å². The summed E-state index contributed by atoms with van der Waals surface area (Å²) < 4.78 is 26.7. The number of likely N-dealkylation sites (tertiary alicyclic amines) is 1. The molecule has 5 amide bonds. The number of thioether (sulfide) groups is 1. The minimum atomic E-state index is -1.20. The molecule has 0 saturated carbocycles. The van der Waals surface area contributed by atoms with Crippen molar-refractivity contribution in [2.75, 3.05) is 52.0 Å². The number of aromatic nitrogens is 7. The first-order chi connectivity index (χ1) is 36.8. The molecule has 0 aliphatic carbocycles. The van der Waals surface area contributed by atoms with Crippen molar-refractivity contribution in [3.05, 3.63) is 82.7 Å². The zero-order valence-corrected chi connectivity index (χ0v) is 44.3. The van der Waals surface area contributed by atoms with Crippen LogP contribution in [-0.4, -0.2) is 149 Å². The quantitative estimate of drug-likeness (QED) is 0.0262. The Kier molecular flexibility index (Phi) is 17.7. The van der Waals surface area contributed by atoms with Gasteiger partial charge in [-0.15, -0.1) is 11.8 Å². The van der Waals surface area contributed by atoms with Crippen molar-refractivity contribution in [1.29, 1.82) is 0 Å².